The second-order valence-corrected chi connectivity index (χ2v) is 4.78. The van der Waals surface area contributed by atoms with Crippen molar-refractivity contribution in [3.8, 4) is 22.3 Å². The van der Waals surface area contributed by atoms with E-state index in [1.54, 1.807) is 36.7 Å². The van der Waals surface area contributed by atoms with E-state index in [1.807, 2.05) is 0 Å². The van der Waals surface area contributed by atoms with Crippen molar-refractivity contribution in [3.05, 3.63) is 78.1 Å². The van der Waals surface area contributed by atoms with E-state index in [-0.39, 0.29) is 11.6 Å². The Morgan fingerprint density at radius 3 is 1.50 bits per heavy atom. The van der Waals surface area contributed by atoms with E-state index in [1.165, 1.54) is 24.3 Å². The monoisotopic (exact) mass is 295 g/mol. The third-order valence-electron chi connectivity index (χ3n) is 3.42. The van der Waals surface area contributed by atoms with E-state index < -0.39 is 0 Å². The minimum absolute atomic E-state index is 0.348. The quantitative estimate of drug-likeness (QED) is 0.666. The summed E-state index contributed by atoms with van der Waals surface area (Å²) < 4.78 is 26.1. The molecule has 108 valence electrons. The molecular weight excluding hydrogens is 284 g/mol. The highest BCUT2D eigenvalue weighted by molar-refractivity contribution is 5.95. The molecule has 0 spiro atoms. The van der Waals surface area contributed by atoms with Gasteiger partial charge in [0.25, 0.3) is 0 Å². The van der Waals surface area contributed by atoms with Gasteiger partial charge in [0, 0.05) is 29.1 Å². The van der Waals surface area contributed by atoms with Gasteiger partial charge in [-0.25, -0.2) is 8.78 Å². The Labute approximate surface area is 126 Å². The summed E-state index contributed by atoms with van der Waals surface area (Å²) in [5.74, 6) is -0.696. The van der Waals surface area contributed by atoms with Gasteiger partial charge in [-0.1, -0.05) is 24.3 Å². The summed E-state index contributed by atoms with van der Waals surface area (Å²) in [7, 11) is 0. The molecule has 22 heavy (non-hydrogen) atoms. The Bertz CT molecular complexity index is 748. The number of aromatic nitrogens is 1. The highest BCUT2D eigenvalue weighted by atomic mass is 19.1. The van der Waals surface area contributed by atoms with Crippen LogP contribution in [-0.4, -0.2) is 11.3 Å². The zero-order valence-corrected chi connectivity index (χ0v) is 11.5. The maximum atomic E-state index is 13.0. The Balaban J connectivity index is 2.17. The highest BCUT2D eigenvalue weighted by Crippen LogP contribution is 2.30. The Kier molecular flexibility index (Phi) is 3.74. The number of rotatable bonds is 3. The molecule has 1 aromatic heterocycles. The lowest BCUT2D eigenvalue weighted by Gasteiger charge is -2.10. The molecule has 0 fully saturated rings. The summed E-state index contributed by atoms with van der Waals surface area (Å²) in [6.45, 7) is 0. The molecule has 0 radical (unpaired) electrons. The largest absolute Gasteiger partial charge is 0.298 e. The SMILES string of the molecule is O=Cc1c(-c2ccc(F)cc2)cncc1-c1ccc(F)cc1. The second-order valence-electron chi connectivity index (χ2n) is 4.78. The van der Waals surface area contributed by atoms with Crippen molar-refractivity contribution in [2.75, 3.05) is 0 Å². The summed E-state index contributed by atoms with van der Waals surface area (Å²) in [4.78, 5) is 15.7. The number of pyridine rings is 1. The zero-order valence-electron chi connectivity index (χ0n) is 11.5. The summed E-state index contributed by atoms with van der Waals surface area (Å²) in [6.07, 6.45) is 3.85. The van der Waals surface area contributed by atoms with Crippen molar-refractivity contribution in [2.24, 2.45) is 0 Å². The normalized spacial score (nSPS) is 10.5. The maximum Gasteiger partial charge on any atom is 0.151 e. The third-order valence-corrected chi connectivity index (χ3v) is 3.42. The molecule has 0 saturated carbocycles. The van der Waals surface area contributed by atoms with Crippen LogP contribution in [0.25, 0.3) is 22.3 Å². The third kappa shape index (κ3) is 2.63. The summed E-state index contributed by atoms with van der Waals surface area (Å²) >= 11 is 0. The lowest BCUT2D eigenvalue weighted by molar-refractivity contribution is 0.112. The first-order chi connectivity index (χ1) is 10.7. The van der Waals surface area contributed by atoms with Gasteiger partial charge in [0.2, 0.25) is 0 Å². The molecule has 0 bridgehead atoms. The van der Waals surface area contributed by atoms with E-state index in [4.69, 9.17) is 0 Å². The minimum atomic E-state index is -0.348. The first-order valence-electron chi connectivity index (χ1n) is 6.64. The summed E-state index contributed by atoms with van der Waals surface area (Å²) in [5, 5.41) is 0. The molecule has 0 unspecified atom stereocenters. The van der Waals surface area contributed by atoms with Crippen molar-refractivity contribution < 1.29 is 13.6 Å². The molecule has 0 atom stereocenters. The average Bonchev–Trinajstić information content (AvgIpc) is 2.55. The van der Waals surface area contributed by atoms with Gasteiger partial charge in [-0.3, -0.25) is 9.78 Å². The number of nitrogens with zero attached hydrogens (tertiary/aromatic N) is 1. The molecule has 0 N–H and O–H groups in total. The van der Waals surface area contributed by atoms with Crippen LogP contribution in [0.3, 0.4) is 0 Å². The number of carbonyl (C=O) groups is 1. The average molecular weight is 295 g/mol. The van der Waals surface area contributed by atoms with Gasteiger partial charge >= 0.3 is 0 Å². The van der Waals surface area contributed by atoms with E-state index in [0.29, 0.717) is 27.8 Å². The molecule has 4 heteroatoms. The van der Waals surface area contributed by atoms with E-state index >= 15 is 0 Å². The van der Waals surface area contributed by atoms with Gasteiger partial charge in [-0.15, -0.1) is 0 Å². The fraction of sp³-hybridized carbons (Fsp3) is 0. The topological polar surface area (TPSA) is 30.0 Å². The number of hydrogen-bond donors (Lipinski definition) is 0. The lowest BCUT2D eigenvalue weighted by atomic mass is 9.95. The van der Waals surface area contributed by atoms with Crippen LogP contribution >= 0.6 is 0 Å². The number of benzene rings is 2. The molecular formula is C18H11F2NO. The van der Waals surface area contributed by atoms with E-state index in [2.05, 4.69) is 4.98 Å². The first-order valence-corrected chi connectivity index (χ1v) is 6.64. The standard InChI is InChI=1S/C18H11F2NO/c19-14-5-1-12(2-6-14)16-9-21-10-17(18(16)11-22)13-3-7-15(20)8-4-13/h1-11H. The highest BCUT2D eigenvalue weighted by Gasteiger charge is 2.12. The van der Waals surface area contributed by atoms with Crippen molar-refractivity contribution in [1.82, 2.24) is 4.98 Å². The van der Waals surface area contributed by atoms with Crippen molar-refractivity contribution in [1.29, 1.82) is 0 Å². The summed E-state index contributed by atoms with van der Waals surface area (Å²) in [6, 6.07) is 11.7. The summed E-state index contributed by atoms with van der Waals surface area (Å²) in [5.41, 5.74) is 3.04. The van der Waals surface area contributed by atoms with Crippen LogP contribution in [0.15, 0.2) is 60.9 Å². The second kappa shape index (κ2) is 5.85. The minimum Gasteiger partial charge on any atom is -0.298 e. The van der Waals surface area contributed by atoms with Crippen molar-refractivity contribution >= 4 is 6.29 Å². The lowest BCUT2D eigenvalue weighted by Crippen LogP contribution is -1.95. The molecule has 0 saturated heterocycles. The fourth-order valence-corrected chi connectivity index (χ4v) is 2.32. The predicted octanol–water partition coefficient (Wildman–Crippen LogP) is 4.51. The van der Waals surface area contributed by atoms with Crippen LogP contribution in [0.4, 0.5) is 8.78 Å². The smallest absolute Gasteiger partial charge is 0.151 e. The molecule has 2 nitrogen and oxygen atoms in total. The van der Waals surface area contributed by atoms with Crippen LogP contribution in [0.1, 0.15) is 10.4 Å². The van der Waals surface area contributed by atoms with Gasteiger partial charge in [0.1, 0.15) is 11.6 Å². The number of carbonyl (C=O) groups excluding carboxylic acids is 1. The van der Waals surface area contributed by atoms with Crippen LogP contribution in [-0.2, 0) is 0 Å². The molecule has 0 aliphatic rings. The van der Waals surface area contributed by atoms with Crippen LogP contribution in [0.5, 0.6) is 0 Å². The van der Waals surface area contributed by atoms with Crippen LogP contribution < -0.4 is 0 Å². The van der Waals surface area contributed by atoms with Gasteiger partial charge in [0.05, 0.1) is 0 Å². The molecule has 0 amide bonds. The van der Waals surface area contributed by atoms with Crippen molar-refractivity contribution in [3.63, 3.8) is 0 Å². The van der Waals surface area contributed by atoms with Gasteiger partial charge in [0.15, 0.2) is 6.29 Å². The number of aldehydes is 1. The van der Waals surface area contributed by atoms with Crippen LogP contribution in [0.2, 0.25) is 0 Å². The molecule has 0 aliphatic heterocycles. The number of hydrogen-bond acceptors (Lipinski definition) is 2. The first kappa shape index (κ1) is 14.1. The van der Waals surface area contributed by atoms with Crippen LogP contribution in [0, 0.1) is 11.6 Å². The van der Waals surface area contributed by atoms with Gasteiger partial charge in [-0.2, -0.15) is 0 Å². The molecule has 3 rings (SSSR count). The zero-order chi connectivity index (χ0) is 15.5. The van der Waals surface area contributed by atoms with E-state index in [9.17, 15) is 13.6 Å². The molecule has 2 aromatic carbocycles. The number of halogens is 2. The fourth-order valence-electron chi connectivity index (χ4n) is 2.32. The molecule has 0 aliphatic carbocycles. The molecule has 3 aromatic rings. The molecule has 1 heterocycles. The van der Waals surface area contributed by atoms with E-state index in [0.717, 1.165) is 6.29 Å². The Morgan fingerprint density at radius 2 is 1.14 bits per heavy atom. The van der Waals surface area contributed by atoms with Crippen molar-refractivity contribution in [2.45, 2.75) is 0 Å². The maximum absolute atomic E-state index is 13.0. The van der Waals surface area contributed by atoms with Gasteiger partial charge in [-0.05, 0) is 35.4 Å². The predicted molar refractivity (Wildman–Crippen MR) is 80.4 cm³/mol. The van der Waals surface area contributed by atoms with Gasteiger partial charge < -0.3 is 0 Å². The Hall–Kier alpha value is -2.88. The Morgan fingerprint density at radius 1 is 0.727 bits per heavy atom.